The molecule has 1 fully saturated rings. The molecule has 21 heavy (non-hydrogen) atoms. The zero-order valence-corrected chi connectivity index (χ0v) is 14.3. The van der Waals surface area contributed by atoms with Gasteiger partial charge in [0.05, 0.1) is 11.2 Å². The summed E-state index contributed by atoms with van der Waals surface area (Å²) in [4.78, 5) is 0. The van der Waals surface area contributed by atoms with Crippen molar-refractivity contribution in [2.24, 2.45) is 5.92 Å². The van der Waals surface area contributed by atoms with Gasteiger partial charge in [0, 0.05) is 12.0 Å². The maximum Gasteiger partial charge on any atom is 0.0677 e. The normalized spacial score (nSPS) is 24.9. The molecule has 0 spiro atoms. The van der Waals surface area contributed by atoms with Crippen molar-refractivity contribution in [1.82, 2.24) is 5.32 Å². The standard InChI is InChI=1S/C19H31NO/c1-6-12-20-17(13-15-10-8-7-9-11-15)16-14-18(2,3)21-19(16,4)5/h7-11,16-17,20H,6,12-14H2,1-5H3. The monoisotopic (exact) mass is 289 g/mol. The van der Waals surface area contributed by atoms with Crippen LogP contribution in [0.25, 0.3) is 0 Å². The first-order valence-corrected chi connectivity index (χ1v) is 8.31. The van der Waals surface area contributed by atoms with E-state index in [-0.39, 0.29) is 11.2 Å². The molecule has 1 aliphatic heterocycles. The molecule has 0 bridgehead atoms. The van der Waals surface area contributed by atoms with Gasteiger partial charge in [-0.15, -0.1) is 0 Å². The van der Waals surface area contributed by atoms with E-state index in [1.807, 2.05) is 0 Å². The second-order valence-corrected chi connectivity index (χ2v) is 7.53. The lowest BCUT2D eigenvalue weighted by Gasteiger charge is -2.34. The van der Waals surface area contributed by atoms with E-state index in [0.29, 0.717) is 12.0 Å². The Morgan fingerprint density at radius 2 is 1.86 bits per heavy atom. The number of ether oxygens (including phenoxy) is 1. The van der Waals surface area contributed by atoms with Crippen LogP contribution in [0.3, 0.4) is 0 Å². The van der Waals surface area contributed by atoms with Crippen LogP contribution in [0.5, 0.6) is 0 Å². The number of rotatable bonds is 6. The minimum absolute atomic E-state index is 0.0169. The van der Waals surface area contributed by atoms with Crippen molar-refractivity contribution in [2.45, 2.75) is 71.1 Å². The molecule has 0 aliphatic carbocycles. The molecule has 2 heteroatoms. The minimum atomic E-state index is -0.0658. The van der Waals surface area contributed by atoms with Gasteiger partial charge in [-0.25, -0.2) is 0 Å². The third kappa shape index (κ3) is 4.31. The van der Waals surface area contributed by atoms with Crippen LogP contribution in [-0.4, -0.2) is 23.8 Å². The van der Waals surface area contributed by atoms with Gasteiger partial charge in [0.2, 0.25) is 0 Å². The summed E-state index contributed by atoms with van der Waals surface area (Å²) in [5, 5.41) is 3.77. The van der Waals surface area contributed by atoms with E-state index < -0.39 is 0 Å². The van der Waals surface area contributed by atoms with Crippen LogP contribution >= 0.6 is 0 Å². The fourth-order valence-electron chi connectivity index (χ4n) is 3.79. The fourth-order valence-corrected chi connectivity index (χ4v) is 3.79. The molecule has 0 radical (unpaired) electrons. The van der Waals surface area contributed by atoms with Crippen LogP contribution in [0.4, 0.5) is 0 Å². The highest BCUT2D eigenvalue weighted by Gasteiger charge is 2.48. The Bertz CT molecular complexity index is 438. The van der Waals surface area contributed by atoms with Crippen LogP contribution in [0.2, 0.25) is 0 Å². The lowest BCUT2D eigenvalue weighted by atomic mass is 9.79. The quantitative estimate of drug-likeness (QED) is 0.848. The maximum atomic E-state index is 6.31. The first-order valence-electron chi connectivity index (χ1n) is 8.31. The topological polar surface area (TPSA) is 21.3 Å². The zero-order valence-electron chi connectivity index (χ0n) is 14.3. The van der Waals surface area contributed by atoms with Crippen LogP contribution in [-0.2, 0) is 11.2 Å². The largest absolute Gasteiger partial charge is 0.369 e. The molecule has 2 unspecified atom stereocenters. The van der Waals surface area contributed by atoms with E-state index in [1.54, 1.807) is 0 Å². The van der Waals surface area contributed by atoms with Gasteiger partial charge in [-0.2, -0.15) is 0 Å². The summed E-state index contributed by atoms with van der Waals surface area (Å²) in [7, 11) is 0. The van der Waals surface area contributed by atoms with Crippen molar-refractivity contribution in [2.75, 3.05) is 6.54 Å². The molecule has 2 nitrogen and oxygen atoms in total. The predicted molar refractivity (Wildman–Crippen MR) is 89.6 cm³/mol. The molecular weight excluding hydrogens is 258 g/mol. The van der Waals surface area contributed by atoms with E-state index in [0.717, 1.165) is 19.4 Å². The van der Waals surface area contributed by atoms with Crippen LogP contribution in [0.1, 0.15) is 53.0 Å². The number of hydrogen-bond acceptors (Lipinski definition) is 2. The summed E-state index contributed by atoms with van der Waals surface area (Å²) in [5.41, 5.74) is 1.33. The third-order valence-corrected chi connectivity index (χ3v) is 4.58. The second kappa shape index (κ2) is 6.50. The molecule has 118 valence electrons. The van der Waals surface area contributed by atoms with Crippen molar-refractivity contribution in [3.8, 4) is 0 Å². The molecule has 2 atom stereocenters. The Hall–Kier alpha value is -0.860. The van der Waals surface area contributed by atoms with E-state index in [1.165, 1.54) is 12.0 Å². The average Bonchev–Trinajstić information content (AvgIpc) is 2.63. The van der Waals surface area contributed by atoms with Crippen LogP contribution in [0.15, 0.2) is 30.3 Å². The molecule has 1 saturated heterocycles. The van der Waals surface area contributed by atoms with E-state index in [2.05, 4.69) is 70.3 Å². The highest BCUT2D eigenvalue weighted by atomic mass is 16.5. The van der Waals surface area contributed by atoms with Crippen molar-refractivity contribution >= 4 is 0 Å². The summed E-state index contributed by atoms with van der Waals surface area (Å²) < 4.78 is 6.31. The Morgan fingerprint density at radius 3 is 2.38 bits per heavy atom. The van der Waals surface area contributed by atoms with Crippen molar-refractivity contribution in [1.29, 1.82) is 0 Å². The lowest BCUT2D eigenvalue weighted by molar-refractivity contribution is -0.0776. The van der Waals surface area contributed by atoms with Crippen LogP contribution < -0.4 is 5.32 Å². The van der Waals surface area contributed by atoms with Crippen LogP contribution in [0, 0.1) is 5.92 Å². The second-order valence-electron chi connectivity index (χ2n) is 7.53. The smallest absolute Gasteiger partial charge is 0.0677 e. The van der Waals surface area contributed by atoms with Crippen molar-refractivity contribution in [3.63, 3.8) is 0 Å². The number of nitrogens with one attached hydrogen (secondary N) is 1. The molecule has 0 amide bonds. The zero-order chi connectivity index (χ0) is 15.5. The van der Waals surface area contributed by atoms with Crippen molar-refractivity contribution in [3.05, 3.63) is 35.9 Å². The first-order chi connectivity index (χ1) is 9.84. The van der Waals surface area contributed by atoms with Gasteiger partial charge in [-0.3, -0.25) is 0 Å². The summed E-state index contributed by atoms with van der Waals surface area (Å²) >= 11 is 0. The molecule has 0 aromatic heterocycles. The summed E-state index contributed by atoms with van der Waals surface area (Å²) in [6.07, 6.45) is 3.37. The molecule has 1 heterocycles. The number of hydrogen-bond donors (Lipinski definition) is 1. The average molecular weight is 289 g/mol. The minimum Gasteiger partial charge on any atom is -0.369 e. The van der Waals surface area contributed by atoms with E-state index in [9.17, 15) is 0 Å². The molecule has 1 aromatic carbocycles. The maximum absolute atomic E-state index is 6.31. The molecular formula is C19H31NO. The van der Waals surface area contributed by atoms with Gasteiger partial charge >= 0.3 is 0 Å². The van der Waals surface area contributed by atoms with E-state index in [4.69, 9.17) is 4.74 Å². The predicted octanol–water partition coefficient (Wildman–Crippen LogP) is 4.19. The third-order valence-electron chi connectivity index (χ3n) is 4.58. The Labute approximate surface area is 130 Å². The lowest BCUT2D eigenvalue weighted by Crippen LogP contribution is -2.45. The van der Waals surface area contributed by atoms with Gasteiger partial charge in [-0.1, -0.05) is 37.3 Å². The van der Waals surface area contributed by atoms with E-state index >= 15 is 0 Å². The first kappa shape index (κ1) is 16.5. The highest BCUT2D eigenvalue weighted by molar-refractivity contribution is 5.17. The highest BCUT2D eigenvalue weighted by Crippen LogP contribution is 2.44. The van der Waals surface area contributed by atoms with Gasteiger partial charge in [-0.05, 0) is 59.1 Å². The van der Waals surface area contributed by atoms with Gasteiger partial charge in [0.1, 0.15) is 0 Å². The van der Waals surface area contributed by atoms with Gasteiger partial charge in [0.25, 0.3) is 0 Å². The molecule has 0 saturated carbocycles. The SMILES string of the molecule is CCCNC(Cc1ccccc1)C1CC(C)(C)OC1(C)C. The van der Waals surface area contributed by atoms with Crippen molar-refractivity contribution < 1.29 is 4.74 Å². The summed E-state index contributed by atoms with van der Waals surface area (Å²) in [6.45, 7) is 12.2. The number of benzene rings is 1. The fraction of sp³-hybridized carbons (Fsp3) is 0.684. The molecule has 1 aromatic rings. The Morgan fingerprint density at radius 1 is 1.19 bits per heavy atom. The molecule has 1 N–H and O–H groups in total. The van der Waals surface area contributed by atoms with Gasteiger partial charge in [0.15, 0.2) is 0 Å². The van der Waals surface area contributed by atoms with Gasteiger partial charge < -0.3 is 10.1 Å². The Kier molecular flexibility index (Phi) is 5.11. The molecule has 2 rings (SSSR count). The summed E-state index contributed by atoms with van der Waals surface area (Å²) in [5.74, 6) is 0.541. The Balaban J connectivity index is 2.15. The molecule has 1 aliphatic rings. The summed E-state index contributed by atoms with van der Waals surface area (Å²) in [6, 6.07) is 11.3.